The zero-order chi connectivity index (χ0) is 20.7. The summed E-state index contributed by atoms with van der Waals surface area (Å²) in [5, 5.41) is 11.1. The van der Waals surface area contributed by atoms with Gasteiger partial charge in [-0.3, -0.25) is 4.21 Å². The van der Waals surface area contributed by atoms with E-state index in [2.05, 4.69) is 40.9 Å². The van der Waals surface area contributed by atoms with Crippen LogP contribution in [0.3, 0.4) is 0 Å². The fourth-order valence-corrected chi connectivity index (χ4v) is 3.70. The van der Waals surface area contributed by atoms with Crippen LogP contribution in [0.1, 0.15) is 44.6 Å². The molecule has 154 valence electrons. The van der Waals surface area contributed by atoms with Crippen molar-refractivity contribution >= 4 is 16.8 Å². The molecule has 0 amide bonds. The Morgan fingerprint density at radius 3 is 2.54 bits per heavy atom. The van der Waals surface area contributed by atoms with Crippen molar-refractivity contribution in [1.82, 2.24) is 20.4 Å². The number of hydrogen-bond donors (Lipinski definition) is 2. The largest absolute Gasteiger partial charge is 0.357 e. The Labute approximate surface area is 171 Å². The van der Waals surface area contributed by atoms with Gasteiger partial charge in [-0.1, -0.05) is 18.2 Å². The lowest BCUT2D eigenvalue weighted by molar-refractivity contribution is 0.647. The van der Waals surface area contributed by atoms with Gasteiger partial charge in [0.05, 0.1) is 17.9 Å². The maximum Gasteiger partial charge on any atom is 0.191 e. The number of benzene rings is 1. The average Bonchev–Trinajstić information content (AvgIpc) is 2.97. The number of hydrogen-bond acceptors (Lipinski definition) is 3. The molecule has 0 saturated heterocycles. The summed E-state index contributed by atoms with van der Waals surface area (Å²) in [5.74, 6) is 1.33. The van der Waals surface area contributed by atoms with E-state index in [1.165, 1.54) is 0 Å². The van der Waals surface area contributed by atoms with E-state index in [1.54, 1.807) is 0 Å². The van der Waals surface area contributed by atoms with Gasteiger partial charge in [-0.2, -0.15) is 5.10 Å². The summed E-state index contributed by atoms with van der Waals surface area (Å²) in [6, 6.07) is 10.3. The highest BCUT2D eigenvalue weighted by molar-refractivity contribution is 7.86. The van der Waals surface area contributed by atoms with Crippen LogP contribution in [0.4, 0.5) is 0 Å². The van der Waals surface area contributed by atoms with Crippen molar-refractivity contribution in [3.05, 3.63) is 47.3 Å². The predicted octanol–water partition coefficient (Wildman–Crippen LogP) is 3.09. The van der Waals surface area contributed by atoms with Gasteiger partial charge in [-0.15, -0.1) is 0 Å². The van der Waals surface area contributed by atoms with E-state index in [4.69, 9.17) is 4.99 Å². The van der Waals surface area contributed by atoms with Crippen molar-refractivity contribution in [3.8, 4) is 5.69 Å². The van der Waals surface area contributed by atoms with Gasteiger partial charge >= 0.3 is 0 Å². The summed E-state index contributed by atoms with van der Waals surface area (Å²) in [5.41, 5.74) is 4.24. The molecule has 0 radical (unpaired) electrons. The maximum absolute atomic E-state index is 12.2. The standard InChI is InChI=1S/C21H33N5OS/c1-7-22-20(23-12-13-28(27)21(4,5)6)24-15-18-10-8-9-11-19(18)26-17(3)14-16(2)25-26/h8-11,14H,7,12-13,15H2,1-6H3,(H2,22,23,24). The smallest absolute Gasteiger partial charge is 0.191 e. The van der Waals surface area contributed by atoms with Crippen molar-refractivity contribution in [1.29, 1.82) is 0 Å². The molecule has 0 aliphatic rings. The minimum Gasteiger partial charge on any atom is -0.357 e. The van der Waals surface area contributed by atoms with E-state index in [0.29, 0.717) is 18.8 Å². The number of rotatable bonds is 7. The van der Waals surface area contributed by atoms with Crippen LogP contribution in [0.15, 0.2) is 35.3 Å². The van der Waals surface area contributed by atoms with E-state index in [1.807, 2.05) is 51.4 Å². The number of nitrogens with one attached hydrogen (secondary N) is 2. The van der Waals surface area contributed by atoms with Gasteiger partial charge in [0.15, 0.2) is 5.96 Å². The molecule has 7 heteroatoms. The number of para-hydroxylation sites is 1. The summed E-state index contributed by atoms with van der Waals surface area (Å²) in [6.45, 7) is 14.0. The van der Waals surface area contributed by atoms with Gasteiger partial charge in [0.25, 0.3) is 0 Å². The molecule has 28 heavy (non-hydrogen) atoms. The van der Waals surface area contributed by atoms with Crippen LogP contribution in [0.2, 0.25) is 0 Å². The first-order valence-electron chi connectivity index (χ1n) is 9.74. The third-order valence-corrected chi connectivity index (χ3v) is 6.18. The lowest BCUT2D eigenvalue weighted by atomic mass is 10.2. The maximum atomic E-state index is 12.2. The second-order valence-corrected chi connectivity index (χ2v) is 10.1. The fraction of sp³-hybridized carbons (Fsp3) is 0.524. The lowest BCUT2D eigenvalue weighted by Crippen LogP contribution is -2.40. The van der Waals surface area contributed by atoms with Crippen molar-refractivity contribution in [3.63, 3.8) is 0 Å². The summed E-state index contributed by atoms with van der Waals surface area (Å²) in [7, 11) is -0.883. The van der Waals surface area contributed by atoms with Crippen molar-refractivity contribution in [2.24, 2.45) is 4.99 Å². The molecule has 1 aromatic heterocycles. The van der Waals surface area contributed by atoms with Gasteiger partial charge in [-0.25, -0.2) is 9.67 Å². The molecule has 2 rings (SSSR count). The Hall–Kier alpha value is -2.15. The van der Waals surface area contributed by atoms with Crippen LogP contribution in [0.5, 0.6) is 0 Å². The summed E-state index contributed by atoms with van der Waals surface area (Å²) < 4.78 is 14.0. The van der Waals surface area contributed by atoms with Gasteiger partial charge in [0.2, 0.25) is 0 Å². The summed E-state index contributed by atoms with van der Waals surface area (Å²) in [4.78, 5) is 4.72. The first-order chi connectivity index (χ1) is 13.2. The zero-order valence-corrected chi connectivity index (χ0v) is 18.7. The fourth-order valence-electron chi connectivity index (χ4n) is 2.80. The Balaban J connectivity index is 2.11. The average molecular weight is 404 g/mol. The van der Waals surface area contributed by atoms with Gasteiger partial charge in [-0.05, 0) is 59.2 Å². The summed E-state index contributed by atoms with van der Waals surface area (Å²) >= 11 is 0. The van der Waals surface area contributed by atoms with Gasteiger partial charge < -0.3 is 10.6 Å². The van der Waals surface area contributed by atoms with Crippen LogP contribution >= 0.6 is 0 Å². The predicted molar refractivity (Wildman–Crippen MR) is 119 cm³/mol. The van der Waals surface area contributed by atoms with Crippen molar-refractivity contribution in [2.45, 2.75) is 52.8 Å². The molecule has 1 unspecified atom stereocenters. The van der Waals surface area contributed by atoms with Crippen LogP contribution in [0, 0.1) is 13.8 Å². The quantitative estimate of drug-likeness (QED) is 0.550. The highest BCUT2D eigenvalue weighted by Gasteiger charge is 2.18. The molecular formula is C21H33N5OS. The van der Waals surface area contributed by atoms with Crippen LogP contribution < -0.4 is 10.6 Å². The molecule has 1 atom stereocenters. The highest BCUT2D eigenvalue weighted by atomic mass is 32.2. The van der Waals surface area contributed by atoms with Crippen molar-refractivity contribution < 1.29 is 4.21 Å². The molecule has 0 spiro atoms. The third-order valence-electron chi connectivity index (χ3n) is 4.24. The van der Waals surface area contributed by atoms with Crippen LogP contribution in [-0.2, 0) is 17.3 Å². The molecule has 2 aromatic rings. The molecule has 0 fully saturated rings. The molecular weight excluding hydrogens is 370 g/mol. The number of nitrogens with zero attached hydrogens (tertiary/aromatic N) is 3. The Morgan fingerprint density at radius 2 is 1.93 bits per heavy atom. The van der Waals surface area contributed by atoms with E-state index in [9.17, 15) is 4.21 Å². The van der Waals surface area contributed by atoms with E-state index < -0.39 is 10.8 Å². The molecule has 2 N–H and O–H groups in total. The monoisotopic (exact) mass is 403 g/mol. The number of aryl methyl sites for hydroxylation is 2. The SMILES string of the molecule is CCNC(=NCc1ccccc1-n1nc(C)cc1C)NCCS(=O)C(C)(C)C. The van der Waals surface area contributed by atoms with Crippen molar-refractivity contribution in [2.75, 3.05) is 18.8 Å². The number of aromatic nitrogens is 2. The minimum absolute atomic E-state index is 0.199. The third kappa shape index (κ3) is 6.19. The Morgan fingerprint density at radius 1 is 1.21 bits per heavy atom. The second kappa shape index (κ2) is 9.87. The molecule has 6 nitrogen and oxygen atoms in total. The molecule has 1 heterocycles. The van der Waals surface area contributed by atoms with E-state index >= 15 is 0 Å². The molecule has 0 bridgehead atoms. The zero-order valence-electron chi connectivity index (χ0n) is 17.9. The Bertz CT molecular complexity index is 836. The van der Waals surface area contributed by atoms with Gasteiger partial charge in [0.1, 0.15) is 0 Å². The van der Waals surface area contributed by atoms with E-state index in [0.717, 1.165) is 35.1 Å². The molecule has 1 aromatic carbocycles. The Kier molecular flexibility index (Phi) is 7.80. The van der Waals surface area contributed by atoms with Crippen LogP contribution in [0.25, 0.3) is 5.69 Å². The second-order valence-electron chi connectivity index (χ2n) is 7.75. The number of guanidine groups is 1. The minimum atomic E-state index is -0.883. The summed E-state index contributed by atoms with van der Waals surface area (Å²) in [6.07, 6.45) is 0. The topological polar surface area (TPSA) is 71.3 Å². The van der Waals surface area contributed by atoms with Crippen LogP contribution in [-0.4, -0.2) is 43.5 Å². The van der Waals surface area contributed by atoms with Gasteiger partial charge in [0, 0.05) is 40.1 Å². The molecule has 0 saturated carbocycles. The molecule has 0 aliphatic heterocycles. The normalized spacial score (nSPS) is 13.4. The first kappa shape index (κ1) is 22.1. The van der Waals surface area contributed by atoms with E-state index in [-0.39, 0.29) is 4.75 Å². The molecule has 0 aliphatic carbocycles. The highest BCUT2D eigenvalue weighted by Crippen LogP contribution is 2.17. The number of aliphatic imine (C=N–C) groups is 1. The first-order valence-corrected chi connectivity index (χ1v) is 11.1. The lowest BCUT2D eigenvalue weighted by Gasteiger charge is -2.18.